The minimum absolute atomic E-state index is 0.0808. The number of carbonyl (C=O) groups is 1. The van der Waals surface area contributed by atoms with E-state index in [0.29, 0.717) is 17.1 Å². The van der Waals surface area contributed by atoms with Gasteiger partial charge in [0.15, 0.2) is 0 Å². The molecule has 3 nitrogen and oxygen atoms in total. The molecule has 0 unspecified atom stereocenters. The molecule has 0 saturated heterocycles. The normalized spacial score (nSPS) is 11.2. The van der Waals surface area contributed by atoms with Crippen LogP contribution in [0.15, 0.2) is 18.2 Å². The molecule has 1 aromatic rings. The maximum absolute atomic E-state index is 12.2. The molecule has 0 radical (unpaired) electrons. The van der Waals surface area contributed by atoms with Crippen molar-refractivity contribution in [3.63, 3.8) is 0 Å². The summed E-state index contributed by atoms with van der Waals surface area (Å²) >= 11 is 5.96. The lowest BCUT2D eigenvalue weighted by Gasteiger charge is -2.18. The second-order valence-electron chi connectivity index (χ2n) is 5.79. The Labute approximate surface area is 120 Å². The smallest absolute Gasteiger partial charge is 0.253 e. The van der Waals surface area contributed by atoms with E-state index in [4.69, 9.17) is 11.6 Å². The molecule has 2 N–H and O–H groups in total. The fourth-order valence-corrected chi connectivity index (χ4v) is 1.87. The van der Waals surface area contributed by atoms with Gasteiger partial charge in [-0.1, -0.05) is 32.4 Å². The first-order valence-corrected chi connectivity index (χ1v) is 7.03. The Morgan fingerprint density at radius 2 is 2.00 bits per heavy atom. The highest BCUT2D eigenvalue weighted by Gasteiger charge is 2.14. The zero-order chi connectivity index (χ0) is 14.5. The highest BCUT2D eigenvalue weighted by Crippen LogP contribution is 2.21. The van der Waals surface area contributed by atoms with Crippen molar-refractivity contribution >= 4 is 23.2 Å². The van der Waals surface area contributed by atoms with Gasteiger partial charge in [0.25, 0.3) is 5.91 Å². The van der Waals surface area contributed by atoms with E-state index in [-0.39, 0.29) is 11.3 Å². The van der Waals surface area contributed by atoms with Crippen LogP contribution in [-0.2, 0) is 0 Å². The SMILES string of the molecule is CCNc1ccc(Cl)cc1C(=O)NCCC(C)(C)C. The molecule has 19 heavy (non-hydrogen) atoms. The summed E-state index contributed by atoms with van der Waals surface area (Å²) in [6.07, 6.45) is 0.940. The molecule has 0 heterocycles. The Morgan fingerprint density at radius 1 is 1.32 bits per heavy atom. The molecule has 0 atom stereocenters. The van der Waals surface area contributed by atoms with E-state index < -0.39 is 0 Å². The summed E-state index contributed by atoms with van der Waals surface area (Å²) in [6.45, 7) is 9.90. The maximum atomic E-state index is 12.2. The molecule has 1 rings (SSSR count). The van der Waals surface area contributed by atoms with Crippen molar-refractivity contribution in [1.82, 2.24) is 5.32 Å². The van der Waals surface area contributed by atoms with Crippen LogP contribution in [0.1, 0.15) is 44.5 Å². The summed E-state index contributed by atoms with van der Waals surface area (Å²) in [5, 5.41) is 6.69. The third-order valence-electron chi connectivity index (χ3n) is 2.75. The summed E-state index contributed by atoms with van der Waals surface area (Å²) in [5.41, 5.74) is 1.63. The molecule has 0 aromatic heterocycles. The molecule has 1 amide bonds. The summed E-state index contributed by atoms with van der Waals surface area (Å²) in [6, 6.07) is 5.32. The number of hydrogen-bond donors (Lipinski definition) is 2. The van der Waals surface area contributed by atoms with Crippen LogP contribution in [0.3, 0.4) is 0 Å². The number of amides is 1. The standard InChI is InChI=1S/C15H23ClN2O/c1-5-17-13-7-6-11(16)10-12(13)14(19)18-9-8-15(2,3)4/h6-7,10,17H,5,8-9H2,1-4H3,(H,18,19). The number of halogens is 1. The van der Waals surface area contributed by atoms with Crippen molar-refractivity contribution in [2.24, 2.45) is 5.41 Å². The van der Waals surface area contributed by atoms with Gasteiger partial charge >= 0.3 is 0 Å². The summed E-state index contributed by atoms with van der Waals surface area (Å²) in [7, 11) is 0. The van der Waals surface area contributed by atoms with Crippen LogP contribution < -0.4 is 10.6 Å². The largest absolute Gasteiger partial charge is 0.385 e. The van der Waals surface area contributed by atoms with Crippen LogP contribution >= 0.6 is 11.6 Å². The average Bonchev–Trinajstić information content (AvgIpc) is 2.30. The van der Waals surface area contributed by atoms with Crippen molar-refractivity contribution in [1.29, 1.82) is 0 Å². The predicted octanol–water partition coefficient (Wildman–Crippen LogP) is 3.94. The Morgan fingerprint density at radius 3 is 2.58 bits per heavy atom. The van der Waals surface area contributed by atoms with Gasteiger partial charge in [0.05, 0.1) is 5.56 Å². The molecule has 4 heteroatoms. The minimum Gasteiger partial charge on any atom is -0.385 e. The lowest BCUT2D eigenvalue weighted by Crippen LogP contribution is -2.28. The first-order valence-electron chi connectivity index (χ1n) is 6.65. The van der Waals surface area contributed by atoms with Gasteiger partial charge in [0.1, 0.15) is 0 Å². The van der Waals surface area contributed by atoms with Crippen molar-refractivity contribution in [3.8, 4) is 0 Å². The number of carbonyl (C=O) groups excluding carboxylic acids is 1. The minimum atomic E-state index is -0.0808. The number of benzene rings is 1. The van der Waals surface area contributed by atoms with Gasteiger partial charge in [0, 0.05) is 23.8 Å². The second kappa shape index (κ2) is 6.80. The quantitative estimate of drug-likeness (QED) is 0.859. The molecule has 0 aliphatic heterocycles. The number of hydrogen-bond acceptors (Lipinski definition) is 2. The highest BCUT2D eigenvalue weighted by molar-refractivity contribution is 6.31. The van der Waals surface area contributed by atoms with Crippen LogP contribution in [0.4, 0.5) is 5.69 Å². The first-order chi connectivity index (χ1) is 8.83. The van der Waals surface area contributed by atoms with Gasteiger partial charge in [-0.25, -0.2) is 0 Å². The Hall–Kier alpha value is -1.22. The van der Waals surface area contributed by atoms with Crippen LogP contribution in [-0.4, -0.2) is 19.0 Å². The van der Waals surface area contributed by atoms with Crippen molar-refractivity contribution in [2.75, 3.05) is 18.4 Å². The van der Waals surface area contributed by atoms with Crippen LogP contribution in [0, 0.1) is 5.41 Å². The van der Waals surface area contributed by atoms with E-state index in [2.05, 4.69) is 31.4 Å². The summed E-state index contributed by atoms with van der Waals surface area (Å²) < 4.78 is 0. The van der Waals surface area contributed by atoms with E-state index in [1.54, 1.807) is 12.1 Å². The molecular weight excluding hydrogens is 260 g/mol. The molecule has 0 fully saturated rings. The van der Waals surface area contributed by atoms with Gasteiger partial charge in [-0.15, -0.1) is 0 Å². The fraction of sp³-hybridized carbons (Fsp3) is 0.533. The Bertz CT molecular complexity index is 438. The molecule has 106 valence electrons. The van der Waals surface area contributed by atoms with Gasteiger partial charge in [-0.3, -0.25) is 4.79 Å². The van der Waals surface area contributed by atoms with Crippen molar-refractivity contribution < 1.29 is 4.79 Å². The zero-order valence-electron chi connectivity index (χ0n) is 12.1. The molecule has 0 spiro atoms. The highest BCUT2D eigenvalue weighted by atomic mass is 35.5. The average molecular weight is 283 g/mol. The molecular formula is C15H23ClN2O. The van der Waals surface area contributed by atoms with Gasteiger partial charge in [-0.2, -0.15) is 0 Å². The van der Waals surface area contributed by atoms with Crippen molar-refractivity contribution in [2.45, 2.75) is 34.1 Å². The number of rotatable bonds is 5. The van der Waals surface area contributed by atoms with Crippen LogP contribution in [0.2, 0.25) is 5.02 Å². The molecule has 0 bridgehead atoms. The summed E-state index contributed by atoms with van der Waals surface area (Å²) in [5.74, 6) is -0.0808. The maximum Gasteiger partial charge on any atom is 0.253 e. The van der Waals surface area contributed by atoms with Crippen molar-refractivity contribution in [3.05, 3.63) is 28.8 Å². The fourth-order valence-electron chi connectivity index (χ4n) is 1.70. The van der Waals surface area contributed by atoms with Crippen LogP contribution in [0.5, 0.6) is 0 Å². The zero-order valence-corrected chi connectivity index (χ0v) is 12.9. The van der Waals surface area contributed by atoms with Gasteiger partial charge in [0.2, 0.25) is 0 Å². The lowest BCUT2D eigenvalue weighted by molar-refractivity contribution is 0.0950. The predicted molar refractivity (Wildman–Crippen MR) is 82.0 cm³/mol. The van der Waals surface area contributed by atoms with E-state index in [0.717, 1.165) is 18.7 Å². The Kier molecular flexibility index (Phi) is 5.67. The Balaban J connectivity index is 2.72. The number of nitrogens with one attached hydrogen (secondary N) is 2. The van der Waals surface area contributed by atoms with E-state index in [1.165, 1.54) is 0 Å². The second-order valence-corrected chi connectivity index (χ2v) is 6.22. The lowest BCUT2D eigenvalue weighted by atomic mass is 9.92. The van der Waals surface area contributed by atoms with E-state index in [9.17, 15) is 4.79 Å². The molecule has 0 aliphatic rings. The molecule has 0 saturated carbocycles. The van der Waals surface area contributed by atoms with Gasteiger partial charge in [-0.05, 0) is 37.0 Å². The monoisotopic (exact) mass is 282 g/mol. The summed E-state index contributed by atoms with van der Waals surface area (Å²) in [4.78, 5) is 12.2. The third-order valence-corrected chi connectivity index (χ3v) is 2.99. The molecule has 0 aliphatic carbocycles. The first kappa shape index (κ1) is 15.8. The number of anilines is 1. The van der Waals surface area contributed by atoms with E-state index in [1.807, 2.05) is 13.0 Å². The van der Waals surface area contributed by atoms with Gasteiger partial charge < -0.3 is 10.6 Å². The van der Waals surface area contributed by atoms with Crippen LogP contribution in [0.25, 0.3) is 0 Å². The van der Waals surface area contributed by atoms with E-state index >= 15 is 0 Å². The topological polar surface area (TPSA) is 41.1 Å². The molecule has 1 aromatic carbocycles. The third kappa shape index (κ3) is 5.52.